The van der Waals surface area contributed by atoms with Gasteiger partial charge in [0, 0.05) is 5.02 Å². The van der Waals surface area contributed by atoms with Gasteiger partial charge >= 0.3 is 6.18 Å². The number of aromatic nitrogens is 3. The smallest absolute Gasteiger partial charge is 0.355 e. The minimum Gasteiger partial charge on any atom is -0.355 e. The molecule has 0 atom stereocenters. The summed E-state index contributed by atoms with van der Waals surface area (Å²) < 4.78 is 108. The molecule has 14 heteroatoms. The summed E-state index contributed by atoms with van der Waals surface area (Å²) in [5.74, 6) is -1.95. The molecule has 35 heavy (non-hydrogen) atoms. The van der Waals surface area contributed by atoms with Gasteiger partial charge in [-0.15, -0.1) is 0 Å². The Morgan fingerprint density at radius 3 is 2.54 bits per heavy atom. The molecule has 0 saturated heterocycles. The maximum Gasteiger partial charge on any atom is 0.434 e. The van der Waals surface area contributed by atoms with Gasteiger partial charge in [0.05, 0.1) is 49.2 Å². The number of hydrogen-bond acceptors (Lipinski definition) is 6. The molecule has 7 nitrogen and oxygen atoms in total. The Hall–Kier alpha value is -2.93. The molecule has 0 aliphatic heterocycles. The van der Waals surface area contributed by atoms with Crippen molar-refractivity contribution >= 4 is 33.3 Å². The number of benzene rings is 2. The molecule has 0 saturated carbocycles. The Morgan fingerprint density at radius 2 is 1.91 bits per heavy atom. The molecule has 0 aliphatic rings. The van der Waals surface area contributed by atoms with Crippen LogP contribution in [-0.2, 0) is 27.0 Å². The van der Waals surface area contributed by atoms with Gasteiger partial charge in [0.1, 0.15) is 11.5 Å². The summed E-state index contributed by atoms with van der Waals surface area (Å²) in [6, 6.07) is 8.67. The van der Waals surface area contributed by atoms with Crippen molar-refractivity contribution in [2.24, 2.45) is 0 Å². The van der Waals surface area contributed by atoms with E-state index in [1.807, 2.05) is 0 Å². The molecule has 0 radical (unpaired) electrons. The van der Waals surface area contributed by atoms with E-state index in [9.17, 15) is 26.0 Å². The number of alkyl halides is 3. The molecule has 2 aromatic heterocycles. The quantitative estimate of drug-likeness (QED) is 0.211. The zero-order valence-corrected chi connectivity index (χ0v) is 19.6. The molecule has 4 aromatic rings. The van der Waals surface area contributed by atoms with Crippen molar-refractivity contribution < 1.29 is 37.4 Å². The second-order valence-corrected chi connectivity index (χ2v) is 9.44. The summed E-state index contributed by atoms with van der Waals surface area (Å²) in [7, 11) is -4.54. The lowest BCUT2D eigenvalue weighted by molar-refractivity contribution is -0.142. The van der Waals surface area contributed by atoms with Crippen molar-refractivity contribution in [1.29, 1.82) is 0 Å². The Morgan fingerprint density at radius 1 is 1.20 bits per heavy atom. The summed E-state index contributed by atoms with van der Waals surface area (Å²) in [6.45, 7) is -3.38. The van der Waals surface area contributed by atoms with E-state index >= 15 is 0 Å². The molecule has 0 spiro atoms. The molecule has 0 unspecified atom stereocenters. The standard InChI is InChI=1S/C21H13Cl2F4N3O4S/c1-35(31,32)33-10-14-18(17-15(23)6-3-7-16(17)24)29-34-19(14)13-9-28-30(20(13)21(25,26)27)12-5-2-4-11(22)8-12/h2-9H,10H2,1H3/i10D2. The molecule has 0 bridgehead atoms. The third-order valence-electron chi connectivity index (χ3n) is 4.52. The number of rotatable bonds is 6. The highest BCUT2D eigenvalue weighted by atomic mass is 35.5. The Bertz CT molecular complexity index is 1590. The van der Waals surface area contributed by atoms with E-state index in [-0.39, 0.29) is 15.7 Å². The highest BCUT2D eigenvalue weighted by molar-refractivity contribution is 7.85. The summed E-state index contributed by atoms with van der Waals surface area (Å²) in [6.07, 6.45) is -3.87. The van der Waals surface area contributed by atoms with Crippen molar-refractivity contribution in [1.82, 2.24) is 14.9 Å². The fourth-order valence-electron chi connectivity index (χ4n) is 3.17. The molecule has 0 aliphatic carbocycles. The summed E-state index contributed by atoms with van der Waals surface area (Å²) in [5.41, 5.74) is -4.59. The molecule has 2 aromatic carbocycles. The molecule has 4 rings (SSSR count). The minimum absolute atomic E-state index is 0.0973. The van der Waals surface area contributed by atoms with Crippen LogP contribution in [0.4, 0.5) is 17.6 Å². The second kappa shape index (κ2) is 9.26. The van der Waals surface area contributed by atoms with E-state index < -0.39 is 62.5 Å². The average Bonchev–Trinajstić information content (AvgIpc) is 3.37. The zero-order valence-electron chi connectivity index (χ0n) is 19.3. The van der Waals surface area contributed by atoms with Gasteiger partial charge in [0.2, 0.25) is 0 Å². The van der Waals surface area contributed by atoms with E-state index in [4.69, 9.17) is 30.5 Å². The predicted octanol–water partition coefficient (Wildman–Crippen LogP) is 6.14. The molecule has 0 N–H and O–H groups in total. The molecular weight excluding hydrogens is 537 g/mol. The van der Waals surface area contributed by atoms with Crippen LogP contribution in [0, 0.1) is 5.82 Å². The van der Waals surface area contributed by atoms with Crippen LogP contribution in [0.2, 0.25) is 10.0 Å². The first-order valence-corrected chi connectivity index (χ1v) is 11.9. The van der Waals surface area contributed by atoms with Crippen molar-refractivity contribution in [3.63, 3.8) is 0 Å². The first-order chi connectivity index (χ1) is 17.1. The van der Waals surface area contributed by atoms with E-state index in [2.05, 4.69) is 14.4 Å². The van der Waals surface area contributed by atoms with Crippen LogP contribution in [0.15, 0.2) is 53.2 Å². The molecule has 0 fully saturated rings. The first-order valence-electron chi connectivity index (χ1n) is 10.4. The lowest BCUT2D eigenvalue weighted by atomic mass is 10.0. The van der Waals surface area contributed by atoms with Crippen molar-refractivity contribution in [2.45, 2.75) is 12.7 Å². The molecule has 0 amide bonds. The lowest BCUT2D eigenvalue weighted by Crippen LogP contribution is -2.14. The van der Waals surface area contributed by atoms with Crippen LogP contribution in [0.5, 0.6) is 0 Å². The first kappa shape index (κ1) is 22.5. The van der Waals surface area contributed by atoms with Gasteiger partial charge in [0.25, 0.3) is 10.1 Å². The topological polar surface area (TPSA) is 87.2 Å². The average molecular weight is 552 g/mol. The molecule has 2 heterocycles. The summed E-state index contributed by atoms with van der Waals surface area (Å²) in [5, 5.41) is 7.12. The Balaban J connectivity index is 2.07. The van der Waals surface area contributed by atoms with Gasteiger partial charge in [-0.05, 0) is 30.3 Å². The Labute approximate surface area is 208 Å². The van der Waals surface area contributed by atoms with Crippen LogP contribution in [0.1, 0.15) is 14.0 Å². The third kappa shape index (κ3) is 5.20. The van der Waals surface area contributed by atoms with Crippen molar-refractivity contribution in [3.8, 4) is 28.3 Å². The predicted molar refractivity (Wildman–Crippen MR) is 119 cm³/mol. The van der Waals surface area contributed by atoms with E-state index in [0.29, 0.717) is 17.1 Å². The van der Waals surface area contributed by atoms with E-state index in [1.54, 1.807) is 0 Å². The highest BCUT2D eigenvalue weighted by Gasteiger charge is 2.41. The fraction of sp³-hybridized carbons (Fsp3) is 0.143. The maximum atomic E-state index is 14.7. The van der Waals surface area contributed by atoms with Gasteiger partial charge in [-0.1, -0.05) is 40.5 Å². The van der Waals surface area contributed by atoms with Gasteiger partial charge < -0.3 is 4.52 Å². The van der Waals surface area contributed by atoms with Crippen LogP contribution in [0.3, 0.4) is 0 Å². The number of halogens is 6. The number of hydrogen-bond donors (Lipinski definition) is 0. The normalized spacial score (nSPS) is 13.6. The third-order valence-corrected chi connectivity index (χ3v) is 5.46. The van der Waals surface area contributed by atoms with Gasteiger partial charge in [-0.3, -0.25) is 4.18 Å². The summed E-state index contributed by atoms with van der Waals surface area (Å²) >= 11 is 12.0. The van der Waals surface area contributed by atoms with E-state index in [0.717, 1.165) is 6.07 Å². The Kier molecular flexibility index (Phi) is 5.96. The van der Waals surface area contributed by atoms with Crippen LogP contribution in [0.25, 0.3) is 28.3 Å². The van der Waals surface area contributed by atoms with Crippen LogP contribution >= 0.6 is 23.2 Å². The highest BCUT2D eigenvalue weighted by Crippen LogP contribution is 2.43. The number of nitrogens with zero attached hydrogens (tertiary/aromatic N) is 3. The van der Waals surface area contributed by atoms with Crippen LogP contribution < -0.4 is 0 Å². The fourth-order valence-corrected chi connectivity index (χ4v) is 3.84. The van der Waals surface area contributed by atoms with Gasteiger partial charge in [-0.2, -0.15) is 26.7 Å². The molecule has 184 valence electrons. The van der Waals surface area contributed by atoms with Gasteiger partial charge in [-0.25, -0.2) is 9.07 Å². The van der Waals surface area contributed by atoms with Crippen molar-refractivity contribution in [2.75, 3.05) is 6.26 Å². The monoisotopic (exact) mass is 551 g/mol. The van der Waals surface area contributed by atoms with Gasteiger partial charge in [0.15, 0.2) is 11.5 Å². The lowest BCUT2D eigenvalue weighted by Gasteiger charge is -2.13. The van der Waals surface area contributed by atoms with E-state index in [1.165, 1.54) is 36.4 Å². The summed E-state index contributed by atoms with van der Waals surface area (Å²) in [4.78, 5) is 0. The second-order valence-electron chi connectivity index (χ2n) is 7.02. The maximum absolute atomic E-state index is 14.7. The SMILES string of the molecule is [2H]C([2H])(OS(C)(=O)=O)c1c(-c2c(F)cccc2Cl)noc1-c1cnn(-c2cccc(Cl)c2)c1C(F)(F)F. The van der Waals surface area contributed by atoms with Crippen LogP contribution in [-0.4, -0.2) is 29.6 Å². The zero-order chi connectivity index (χ0) is 27.3. The van der Waals surface area contributed by atoms with Crippen molar-refractivity contribution in [3.05, 3.63) is 75.8 Å². The molecular formula is C21H13Cl2F4N3O4S. The largest absolute Gasteiger partial charge is 0.434 e. The minimum atomic E-state index is -5.10.